The molecule has 0 bridgehead atoms. The van der Waals surface area contributed by atoms with Crippen LogP contribution in [0, 0.1) is 12.7 Å². The van der Waals surface area contributed by atoms with Crippen molar-refractivity contribution in [1.29, 1.82) is 0 Å². The highest BCUT2D eigenvalue weighted by molar-refractivity contribution is 6.31. The molecule has 2 aromatic carbocycles. The van der Waals surface area contributed by atoms with Crippen molar-refractivity contribution in [2.75, 3.05) is 5.32 Å². The second-order valence-electron chi connectivity index (χ2n) is 7.49. The maximum absolute atomic E-state index is 13.9. The molecule has 1 aromatic heterocycles. The van der Waals surface area contributed by atoms with Crippen LogP contribution in [0.1, 0.15) is 25.2 Å². The summed E-state index contributed by atoms with van der Waals surface area (Å²) < 4.78 is 15.7. The lowest BCUT2D eigenvalue weighted by atomic mass is 10.0. The number of benzene rings is 2. The van der Waals surface area contributed by atoms with Crippen LogP contribution in [-0.2, 0) is 16.9 Å². The number of imidazole rings is 1. The van der Waals surface area contributed by atoms with Crippen molar-refractivity contribution in [1.82, 2.24) is 14.9 Å². The number of anilines is 2. The van der Waals surface area contributed by atoms with Gasteiger partial charge < -0.3 is 15.2 Å². The van der Waals surface area contributed by atoms with E-state index in [0.29, 0.717) is 27.9 Å². The molecule has 1 aliphatic heterocycles. The lowest BCUT2D eigenvalue weighted by Crippen LogP contribution is -2.49. The third-order valence-corrected chi connectivity index (χ3v) is 5.22. The molecule has 5 nitrogen and oxygen atoms in total. The molecule has 4 rings (SSSR count). The number of amides is 1. The van der Waals surface area contributed by atoms with E-state index in [-0.39, 0.29) is 18.3 Å². The molecule has 144 valence electrons. The first kappa shape index (κ1) is 18.5. The predicted molar refractivity (Wildman–Crippen MR) is 108 cm³/mol. The van der Waals surface area contributed by atoms with E-state index in [0.717, 1.165) is 11.3 Å². The first-order valence-corrected chi connectivity index (χ1v) is 9.33. The zero-order chi connectivity index (χ0) is 20.1. The largest absolute Gasteiger partial charge is 0.342 e. The smallest absolute Gasteiger partial charge is 0.240 e. The molecule has 1 amide bonds. The molecule has 0 saturated carbocycles. The van der Waals surface area contributed by atoms with Gasteiger partial charge in [-0.1, -0.05) is 29.8 Å². The molecule has 1 aliphatic rings. The molecule has 2 heterocycles. The second kappa shape index (κ2) is 6.63. The fourth-order valence-corrected chi connectivity index (χ4v) is 3.62. The summed E-state index contributed by atoms with van der Waals surface area (Å²) in [5.41, 5.74) is 2.29. The number of carbonyl (C=O) groups excluding carboxylic acids is 1. The third-order valence-electron chi connectivity index (χ3n) is 4.81. The molecule has 0 unspecified atom stereocenters. The maximum Gasteiger partial charge on any atom is 0.240 e. The molecule has 0 spiro atoms. The van der Waals surface area contributed by atoms with Gasteiger partial charge in [-0.3, -0.25) is 4.79 Å². The Balaban J connectivity index is 1.90. The Labute approximate surface area is 167 Å². The van der Waals surface area contributed by atoms with Gasteiger partial charge in [0.1, 0.15) is 29.7 Å². The van der Waals surface area contributed by atoms with Gasteiger partial charge >= 0.3 is 0 Å². The van der Waals surface area contributed by atoms with Crippen molar-refractivity contribution < 1.29 is 9.18 Å². The van der Waals surface area contributed by atoms with Gasteiger partial charge in [0.2, 0.25) is 5.91 Å². The number of rotatable bonds is 3. The number of hydrogen-bond donors (Lipinski definition) is 2. The van der Waals surface area contributed by atoms with Crippen LogP contribution in [0.3, 0.4) is 0 Å². The molecule has 2 N–H and O–H groups in total. The van der Waals surface area contributed by atoms with E-state index in [2.05, 4.69) is 10.6 Å². The van der Waals surface area contributed by atoms with Crippen LogP contribution in [-0.4, -0.2) is 15.5 Å². The van der Waals surface area contributed by atoms with Gasteiger partial charge in [-0.2, -0.15) is 0 Å². The quantitative estimate of drug-likeness (QED) is 0.668. The SMILES string of the molecule is Cc1ccc(Nc2c(-c3cccc(F)c3)nc3n2CC(=O)NC3(C)C)cc1Cl. The van der Waals surface area contributed by atoms with E-state index in [1.165, 1.54) is 12.1 Å². The molecule has 0 aliphatic carbocycles. The number of fused-ring (bicyclic) bond motifs is 1. The minimum atomic E-state index is -0.651. The molecule has 7 heteroatoms. The Hall–Kier alpha value is -2.86. The van der Waals surface area contributed by atoms with Crippen LogP contribution in [0.4, 0.5) is 15.9 Å². The van der Waals surface area contributed by atoms with Crippen molar-refractivity contribution in [2.24, 2.45) is 0 Å². The van der Waals surface area contributed by atoms with Crippen LogP contribution in [0.2, 0.25) is 5.02 Å². The predicted octanol–water partition coefficient (Wildman–Crippen LogP) is 4.76. The normalized spacial score (nSPS) is 15.1. The Kier molecular flexibility index (Phi) is 4.38. The topological polar surface area (TPSA) is 59.0 Å². The van der Waals surface area contributed by atoms with E-state index in [1.807, 2.05) is 43.5 Å². The third kappa shape index (κ3) is 3.24. The van der Waals surface area contributed by atoms with E-state index in [9.17, 15) is 9.18 Å². The number of halogens is 2. The van der Waals surface area contributed by atoms with Crippen molar-refractivity contribution >= 4 is 29.0 Å². The molecule has 0 radical (unpaired) electrons. The fraction of sp³-hybridized carbons (Fsp3) is 0.238. The van der Waals surface area contributed by atoms with E-state index in [1.54, 1.807) is 12.1 Å². The Morgan fingerprint density at radius 2 is 2.04 bits per heavy atom. The van der Waals surface area contributed by atoms with Crippen LogP contribution < -0.4 is 10.6 Å². The van der Waals surface area contributed by atoms with Gasteiger partial charge in [0.15, 0.2) is 0 Å². The minimum Gasteiger partial charge on any atom is -0.342 e. The zero-order valence-corrected chi connectivity index (χ0v) is 16.6. The maximum atomic E-state index is 13.9. The average molecular weight is 399 g/mol. The highest BCUT2D eigenvalue weighted by Gasteiger charge is 2.36. The molecule has 3 aromatic rings. The number of aromatic nitrogens is 2. The average Bonchev–Trinajstić information content (AvgIpc) is 2.97. The van der Waals surface area contributed by atoms with Crippen LogP contribution >= 0.6 is 11.6 Å². The molecular weight excluding hydrogens is 379 g/mol. The lowest BCUT2D eigenvalue weighted by molar-refractivity contribution is -0.124. The summed E-state index contributed by atoms with van der Waals surface area (Å²) in [4.78, 5) is 17.0. The number of hydrogen-bond acceptors (Lipinski definition) is 3. The first-order valence-electron chi connectivity index (χ1n) is 8.96. The molecular formula is C21H20ClFN4O. The highest BCUT2D eigenvalue weighted by Crippen LogP contribution is 2.37. The zero-order valence-electron chi connectivity index (χ0n) is 15.8. The lowest BCUT2D eigenvalue weighted by Gasteiger charge is -2.31. The fourth-order valence-electron chi connectivity index (χ4n) is 3.44. The van der Waals surface area contributed by atoms with E-state index < -0.39 is 5.54 Å². The number of carbonyl (C=O) groups is 1. The summed E-state index contributed by atoms with van der Waals surface area (Å²) in [6, 6.07) is 11.9. The van der Waals surface area contributed by atoms with Crippen LogP contribution in [0.15, 0.2) is 42.5 Å². The van der Waals surface area contributed by atoms with Gasteiger partial charge in [-0.05, 0) is 50.6 Å². The molecule has 0 atom stereocenters. The minimum absolute atomic E-state index is 0.106. The van der Waals surface area contributed by atoms with E-state index in [4.69, 9.17) is 16.6 Å². The van der Waals surface area contributed by atoms with Gasteiger partial charge in [-0.15, -0.1) is 0 Å². The van der Waals surface area contributed by atoms with Gasteiger partial charge in [0, 0.05) is 16.3 Å². The number of nitrogens with zero attached hydrogens (tertiary/aromatic N) is 2. The van der Waals surface area contributed by atoms with Crippen molar-refractivity contribution in [2.45, 2.75) is 32.9 Å². The first-order chi connectivity index (χ1) is 13.2. The number of aryl methyl sites for hydroxylation is 1. The van der Waals surface area contributed by atoms with Crippen molar-refractivity contribution in [3.63, 3.8) is 0 Å². The standard InChI is InChI=1S/C21H20ClFN4O/c1-12-7-8-15(10-16(12)22)24-19-18(13-5-4-6-14(23)9-13)25-20-21(2,3)26-17(28)11-27(19)20/h4-10,24H,11H2,1-3H3,(H,26,28). The summed E-state index contributed by atoms with van der Waals surface area (Å²) in [6.45, 7) is 5.84. The summed E-state index contributed by atoms with van der Waals surface area (Å²) in [5, 5.41) is 6.92. The molecule has 28 heavy (non-hydrogen) atoms. The van der Waals surface area contributed by atoms with Crippen molar-refractivity contribution in [3.05, 3.63) is 64.7 Å². The monoisotopic (exact) mass is 398 g/mol. The Morgan fingerprint density at radius 3 is 2.75 bits per heavy atom. The highest BCUT2D eigenvalue weighted by atomic mass is 35.5. The van der Waals surface area contributed by atoms with Gasteiger partial charge in [0.05, 0.1) is 5.54 Å². The number of nitrogens with one attached hydrogen (secondary N) is 2. The van der Waals surface area contributed by atoms with Crippen molar-refractivity contribution in [3.8, 4) is 11.3 Å². The van der Waals surface area contributed by atoms with E-state index >= 15 is 0 Å². The Bertz CT molecular complexity index is 1090. The molecule has 0 saturated heterocycles. The van der Waals surface area contributed by atoms with Crippen LogP contribution in [0.25, 0.3) is 11.3 Å². The molecule has 0 fully saturated rings. The van der Waals surface area contributed by atoms with Crippen LogP contribution in [0.5, 0.6) is 0 Å². The Morgan fingerprint density at radius 1 is 1.25 bits per heavy atom. The summed E-state index contributed by atoms with van der Waals surface area (Å²) in [6.07, 6.45) is 0. The second-order valence-corrected chi connectivity index (χ2v) is 7.90. The summed E-state index contributed by atoms with van der Waals surface area (Å²) >= 11 is 6.27. The summed E-state index contributed by atoms with van der Waals surface area (Å²) in [5.74, 6) is 0.877. The van der Waals surface area contributed by atoms with Gasteiger partial charge in [0.25, 0.3) is 0 Å². The van der Waals surface area contributed by atoms with Gasteiger partial charge in [-0.25, -0.2) is 9.37 Å². The summed E-state index contributed by atoms with van der Waals surface area (Å²) in [7, 11) is 0.